The molecule has 3 aliphatic heterocycles. The van der Waals surface area contributed by atoms with Crippen molar-refractivity contribution in [2.45, 2.75) is 63.7 Å². The Balaban J connectivity index is 1.03. The first kappa shape index (κ1) is 21.4. The second-order valence-corrected chi connectivity index (χ2v) is 11.0. The smallest absolute Gasteiger partial charge is 0.253 e. The van der Waals surface area contributed by atoms with Crippen LogP contribution in [0.25, 0.3) is 0 Å². The van der Waals surface area contributed by atoms with Crippen molar-refractivity contribution >= 4 is 17.5 Å². The van der Waals surface area contributed by atoms with Gasteiger partial charge in [0.1, 0.15) is 6.29 Å². The molecule has 3 unspecified atom stereocenters. The highest BCUT2D eigenvalue weighted by atomic mass is 16.2. The van der Waals surface area contributed by atoms with E-state index in [0.717, 1.165) is 44.5 Å². The molecule has 7 nitrogen and oxygen atoms in total. The number of carbonyl (C=O) groups is 2. The molecule has 3 atom stereocenters. The van der Waals surface area contributed by atoms with Gasteiger partial charge in [-0.05, 0) is 61.8 Å². The van der Waals surface area contributed by atoms with Gasteiger partial charge in [-0.1, -0.05) is 19.3 Å². The number of hydrogen-bond acceptors (Lipinski definition) is 5. The third kappa shape index (κ3) is 4.03. The van der Waals surface area contributed by atoms with Gasteiger partial charge >= 0.3 is 0 Å². The molecule has 2 saturated carbocycles. The van der Waals surface area contributed by atoms with Crippen LogP contribution in [0.5, 0.6) is 0 Å². The van der Waals surface area contributed by atoms with Crippen LogP contribution in [-0.4, -0.2) is 73.2 Å². The maximum Gasteiger partial charge on any atom is 0.253 e. The van der Waals surface area contributed by atoms with Gasteiger partial charge in [-0.3, -0.25) is 19.8 Å². The molecule has 0 radical (unpaired) electrons. The van der Waals surface area contributed by atoms with Crippen molar-refractivity contribution in [3.8, 4) is 0 Å². The number of carbonyl (C=O) groups excluding carboxylic acids is 2. The zero-order chi connectivity index (χ0) is 22.4. The summed E-state index contributed by atoms with van der Waals surface area (Å²) in [7, 11) is 0. The fourth-order valence-corrected chi connectivity index (χ4v) is 6.75. The summed E-state index contributed by atoms with van der Waals surface area (Å²) < 4.78 is 0. The highest BCUT2D eigenvalue weighted by Gasteiger charge is 2.43. The minimum absolute atomic E-state index is 0.104. The van der Waals surface area contributed by atoms with Crippen molar-refractivity contribution in [1.82, 2.24) is 20.4 Å². The van der Waals surface area contributed by atoms with E-state index < -0.39 is 0 Å². The van der Waals surface area contributed by atoms with E-state index in [0.29, 0.717) is 24.5 Å². The number of nitrogens with zero attached hydrogens (tertiary/aromatic N) is 3. The highest BCUT2D eigenvalue weighted by molar-refractivity contribution is 5.94. The van der Waals surface area contributed by atoms with E-state index in [1.165, 1.54) is 44.3 Å². The van der Waals surface area contributed by atoms with Gasteiger partial charge in [0.2, 0.25) is 5.91 Å². The van der Waals surface area contributed by atoms with Crippen molar-refractivity contribution in [2.75, 3.05) is 44.2 Å². The second kappa shape index (κ2) is 8.58. The van der Waals surface area contributed by atoms with E-state index in [1.54, 1.807) is 0 Å². The molecule has 2 amide bonds. The SMILES string of the molecule is O=C1NC(N2CCN(C(=O)c3ccc(N4CCC5(CCC5)C4)cc3)CC2)NC2CCCCC12. The molecule has 7 heteroatoms. The number of benzene rings is 1. The van der Waals surface area contributed by atoms with E-state index in [1.807, 2.05) is 17.0 Å². The van der Waals surface area contributed by atoms with Crippen LogP contribution >= 0.6 is 0 Å². The number of piperazine rings is 1. The number of amides is 2. The maximum atomic E-state index is 13.1. The molecule has 6 rings (SSSR count). The summed E-state index contributed by atoms with van der Waals surface area (Å²) in [5.41, 5.74) is 2.61. The van der Waals surface area contributed by atoms with Crippen LogP contribution in [0.4, 0.5) is 5.69 Å². The summed E-state index contributed by atoms with van der Waals surface area (Å²) in [5.74, 6) is 0.440. The van der Waals surface area contributed by atoms with E-state index in [-0.39, 0.29) is 24.0 Å². The first-order chi connectivity index (χ1) is 16.1. The Labute approximate surface area is 196 Å². The maximum absolute atomic E-state index is 13.1. The van der Waals surface area contributed by atoms with E-state index in [2.05, 4.69) is 32.6 Å². The van der Waals surface area contributed by atoms with Crippen LogP contribution in [-0.2, 0) is 4.79 Å². The fraction of sp³-hybridized carbons (Fsp3) is 0.692. The second-order valence-electron chi connectivity index (χ2n) is 11.0. The van der Waals surface area contributed by atoms with E-state index >= 15 is 0 Å². The fourth-order valence-electron chi connectivity index (χ4n) is 6.75. The molecule has 178 valence electrons. The van der Waals surface area contributed by atoms with Gasteiger partial charge in [-0.15, -0.1) is 0 Å². The minimum Gasteiger partial charge on any atom is -0.371 e. The van der Waals surface area contributed by atoms with Crippen LogP contribution in [0.1, 0.15) is 61.7 Å². The molecule has 0 aromatic heterocycles. The first-order valence-electron chi connectivity index (χ1n) is 13.1. The van der Waals surface area contributed by atoms with Gasteiger partial charge in [0, 0.05) is 56.6 Å². The van der Waals surface area contributed by atoms with E-state index in [4.69, 9.17) is 0 Å². The van der Waals surface area contributed by atoms with E-state index in [9.17, 15) is 9.59 Å². The third-order valence-electron chi connectivity index (χ3n) is 9.05. The first-order valence-corrected chi connectivity index (χ1v) is 13.1. The van der Waals surface area contributed by atoms with Gasteiger partial charge in [0.15, 0.2) is 0 Å². The third-order valence-corrected chi connectivity index (χ3v) is 9.05. The number of nitrogens with one attached hydrogen (secondary N) is 2. The van der Waals surface area contributed by atoms with Gasteiger partial charge < -0.3 is 15.1 Å². The Morgan fingerprint density at radius 2 is 1.67 bits per heavy atom. The lowest BCUT2D eigenvalue weighted by atomic mass is 9.68. The lowest BCUT2D eigenvalue weighted by Crippen LogP contribution is -2.69. The lowest BCUT2D eigenvalue weighted by Gasteiger charge is -2.46. The Hall–Kier alpha value is -2.12. The lowest BCUT2D eigenvalue weighted by molar-refractivity contribution is -0.134. The average Bonchev–Trinajstić information content (AvgIpc) is 3.31. The molecule has 1 spiro atoms. The highest BCUT2D eigenvalue weighted by Crippen LogP contribution is 2.48. The topological polar surface area (TPSA) is 67.9 Å². The summed E-state index contributed by atoms with van der Waals surface area (Å²) in [4.78, 5) is 32.4. The summed E-state index contributed by atoms with van der Waals surface area (Å²) in [6.07, 6.45) is 9.80. The standard InChI is InChI=1S/C26H37N5O2/c32-23-21-4-1-2-5-22(21)27-25(28-23)30-16-14-29(15-17-30)24(33)19-6-8-20(9-7-19)31-13-12-26(18-31)10-3-11-26/h6-9,21-22,25,27H,1-5,10-18H2,(H,28,32). The van der Waals surface area contributed by atoms with Crippen molar-refractivity contribution in [1.29, 1.82) is 0 Å². The Bertz CT molecular complexity index is 890. The average molecular weight is 452 g/mol. The molecule has 2 aliphatic carbocycles. The van der Waals surface area contributed by atoms with Crippen LogP contribution in [0.3, 0.4) is 0 Å². The molecular formula is C26H37N5O2. The number of fused-ring (bicyclic) bond motifs is 1. The van der Waals surface area contributed by atoms with Crippen LogP contribution in [0, 0.1) is 11.3 Å². The van der Waals surface area contributed by atoms with Crippen LogP contribution in [0.2, 0.25) is 0 Å². The Kier molecular flexibility index (Phi) is 5.57. The van der Waals surface area contributed by atoms with Gasteiger partial charge in [-0.25, -0.2) is 0 Å². The zero-order valence-electron chi connectivity index (χ0n) is 19.6. The summed E-state index contributed by atoms with van der Waals surface area (Å²) in [6, 6.07) is 8.56. The van der Waals surface area contributed by atoms with Crippen molar-refractivity contribution in [3.05, 3.63) is 29.8 Å². The largest absolute Gasteiger partial charge is 0.371 e. The number of hydrogen-bond donors (Lipinski definition) is 2. The van der Waals surface area contributed by atoms with Gasteiger partial charge in [-0.2, -0.15) is 0 Å². The molecule has 2 N–H and O–H groups in total. The van der Waals surface area contributed by atoms with Gasteiger partial charge in [0.05, 0.1) is 5.92 Å². The molecule has 0 bridgehead atoms. The molecular weight excluding hydrogens is 414 g/mol. The normalized spacial score (nSPS) is 31.8. The number of rotatable bonds is 3. The molecule has 1 aromatic carbocycles. The van der Waals surface area contributed by atoms with Gasteiger partial charge in [0.25, 0.3) is 5.91 Å². The Morgan fingerprint density at radius 1 is 0.909 bits per heavy atom. The zero-order valence-corrected chi connectivity index (χ0v) is 19.6. The minimum atomic E-state index is -0.104. The molecule has 33 heavy (non-hydrogen) atoms. The summed E-state index contributed by atoms with van der Waals surface area (Å²) in [5, 5.41) is 6.84. The van der Waals surface area contributed by atoms with Crippen molar-refractivity contribution in [2.24, 2.45) is 11.3 Å². The number of anilines is 1. The predicted octanol–water partition coefficient (Wildman–Crippen LogP) is 2.39. The molecule has 3 saturated heterocycles. The quantitative estimate of drug-likeness (QED) is 0.739. The van der Waals surface area contributed by atoms with Crippen LogP contribution in [0.15, 0.2) is 24.3 Å². The monoisotopic (exact) mass is 451 g/mol. The summed E-state index contributed by atoms with van der Waals surface area (Å²) in [6.45, 7) is 5.25. The predicted molar refractivity (Wildman–Crippen MR) is 128 cm³/mol. The van der Waals surface area contributed by atoms with Crippen LogP contribution < -0.4 is 15.5 Å². The van der Waals surface area contributed by atoms with Crippen molar-refractivity contribution in [3.63, 3.8) is 0 Å². The molecule has 5 aliphatic rings. The molecule has 1 aromatic rings. The molecule has 5 fully saturated rings. The molecule has 3 heterocycles. The Morgan fingerprint density at radius 3 is 2.36 bits per heavy atom. The van der Waals surface area contributed by atoms with Crippen molar-refractivity contribution < 1.29 is 9.59 Å². The summed E-state index contributed by atoms with van der Waals surface area (Å²) >= 11 is 0.